The second-order valence-corrected chi connectivity index (χ2v) is 6.83. The zero-order valence-corrected chi connectivity index (χ0v) is 13.5. The average molecular weight is 306 g/mol. The van der Waals surface area contributed by atoms with E-state index in [0.29, 0.717) is 0 Å². The van der Waals surface area contributed by atoms with Crippen molar-refractivity contribution in [1.29, 1.82) is 0 Å². The molecule has 2 heteroatoms. The lowest BCUT2D eigenvalue weighted by atomic mass is 9.85. The number of hydrogen-bond acceptors (Lipinski definition) is 2. The summed E-state index contributed by atoms with van der Waals surface area (Å²) in [4.78, 5) is 0. The smallest absolute Gasteiger partial charge is 0.0943 e. The van der Waals surface area contributed by atoms with Crippen LogP contribution in [0, 0.1) is 13.8 Å². The number of fused-ring (bicyclic) bond motifs is 1. The van der Waals surface area contributed by atoms with Crippen molar-refractivity contribution in [2.45, 2.75) is 13.8 Å². The fourth-order valence-electron chi connectivity index (χ4n) is 4.45. The van der Waals surface area contributed by atoms with Gasteiger partial charge in [0.15, 0.2) is 0 Å². The molecule has 0 radical (unpaired) electrons. The van der Waals surface area contributed by atoms with Gasteiger partial charge in [-0.1, -0.05) is 36.4 Å². The van der Waals surface area contributed by atoms with Crippen molar-refractivity contribution in [1.82, 2.24) is 10.2 Å². The molecule has 0 saturated carbocycles. The van der Waals surface area contributed by atoms with E-state index in [1.54, 1.807) is 0 Å². The highest BCUT2D eigenvalue weighted by Gasteiger charge is 2.19. The van der Waals surface area contributed by atoms with E-state index in [9.17, 15) is 0 Å². The number of hydrogen-bond donors (Lipinski definition) is 0. The molecule has 5 aromatic carbocycles. The predicted octanol–water partition coefficient (Wildman–Crippen LogP) is 5.74. The first-order valence-electron chi connectivity index (χ1n) is 8.29. The maximum Gasteiger partial charge on any atom is 0.0943 e. The van der Waals surface area contributed by atoms with Gasteiger partial charge in [0.05, 0.1) is 11.0 Å². The summed E-state index contributed by atoms with van der Waals surface area (Å²) >= 11 is 0. The van der Waals surface area contributed by atoms with Gasteiger partial charge in [0.25, 0.3) is 0 Å². The number of aromatic nitrogens is 2. The number of benzene rings is 5. The Labute approximate surface area is 138 Å². The molecule has 0 unspecified atom stereocenters. The molecule has 0 spiro atoms. The minimum absolute atomic E-state index is 0.988. The van der Waals surface area contributed by atoms with Crippen molar-refractivity contribution in [3.05, 3.63) is 59.7 Å². The maximum atomic E-state index is 4.49. The highest BCUT2D eigenvalue weighted by molar-refractivity contribution is 6.39. The Morgan fingerprint density at radius 3 is 1.33 bits per heavy atom. The summed E-state index contributed by atoms with van der Waals surface area (Å²) in [7, 11) is 0. The molecule has 0 fully saturated rings. The number of nitrogens with zero attached hydrogens (tertiary/aromatic N) is 2. The van der Waals surface area contributed by atoms with Gasteiger partial charge < -0.3 is 0 Å². The molecular formula is C22H14N2. The Balaban J connectivity index is 2.22. The summed E-state index contributed by atoms with van der Waals surface area (Å²) in [5.74, 6) is 0. The average Bonchev–Trinajstić information content (AvgIpc) is 2.61. The molecule has 24 heavy (non-hydrogen) atoms. The summed E-state index contributed by atoms with van der Waals surface area (Å²) in [5, 5.41) is 19.5. The Kier molecular flexibility index (Phi) is 2.02. The minimum Gasteiger partial charge on any atom is -0.150 e. The molecule has 6 rings (SSSR count). The lowest BCUT2D eigenvalue weighted by Crippen LogP contribution is -1.96. The van der Waals surface area contributed by atoms with Gasteiger partial charge in [-0.3, -0.25) is 0 Å². The van der Waals surface area contributed by atoms with Crippen LogP contribution in [0.4, 0.5) is 0 Å². The monoisotopic (exact) mass is 306 g/mol. The highest BCUT2D eigenvalue weighted by Crippen LogP contribution is 2.45. The van der Waals surface area contributed by atoms with Crippen molar-refractivity contribution >= 4 is 54.1 Å². The van der Waals surface area contributed by atoms with Gasteiger partial charge in [0.2, 0.25) is 0 Å². The molecular weight excluding hydrogens is 292 g/mol. The van der Waals surface area contributed by atoms with E-state index in [4.69, 9.17) is 0 Å². The van der Waals surface area contributed by atoms with E-state index in [-0.39, 0.29) is 0 Å². The first-order valence-corrected chi connectivity index (χ1v) is 8.29. The summed E-state index contributed by atoms with van der Waals surface area (Å²) in [6.07, 6.45) is 0. The summed E-state index contributed by atoms with van der Waals surface area (Å²) in [6, 6.07) is 17.5. The molecule has 0 N–H and O–H groups in total. The van der Waals surface area contributed by atoms with Crippen molar-refractivity contribution in [3.63, 3.8) is 0 Å². The van der Waals surface area contributed by atoms with Crippen LogP contribution in [0.2, 0.25) is 0 Å². The van der Waals surface area contributed by atoms with Crippen LogP contribution in [0.5, 0.6) is 0 Å². The Hall–Kier alpha value is -3.00. The molecule has 6 aromatic rings. The zero-order valence-electron chi connectivity index (χ0n) is 13.5. The van der Waals surface area contributed by atoms with Crippen molar-refractivity contribution in [2.75, 3.05) is 0 Å². The van der Waals surface area contributed by atoms with E-state index in [1.807, 2.05) is 0 Å². The second-order valence-electron chi connectivity index (χ2n) is 6.83. The van der Waals surface area contributed by atoms with Gasteiger partial charge in [0.1, 0.15) is 0 Å². The topological polar surface area (TPSA) is 25.8 Å². The van der Waals surface area contributed by atoms with Crippen LogP contribution < -0.4 is 0 Å². The van der Waals surface area contributed by atoms with Crippen molar-refractivity contribution in [2.24, 2.45) is 0 Å². The minimum atomic E-state index is 0.988. The molecule has 0 aliphatic carbocycles. The molecule has 0 saturated heterocycles. The van der Waals surface area contributed by atoms with Crippen LogP contribution in [0.15, 0.2) is 48.5 Å². The Morgan fingerprint density at radius 1 is 0.458 bits per heavy atom. The van der Waals surface area contributed by atoms with Gasteiger partial charge in [0, 0.05) is 10.8 Å². The van der Waals surface area contributed by atoms with E-state index in [1.165, 1.54) is 54.2 Å². The maximum absolute atomic E-state index is 4.49. The molecule has 0 bridgehead atoms. The molecule has 0 aliphatic rings. The van der Waals surface area contributed by atoms with E-state index in [2.05, 4.69) is 72.6 Å². The van der Waals surface area contributed by atoms with Crippen molar-refractivity contribution in [3.8, 4) is 0 Å². The Bertz CT molecular complexity index is 1290. The molecule has 1 aromatic heterocycles. The standard InChI is InChI=1S/C22H14N2/c1-11-3-5-13-7-9-15-21-19(13)17(11)18-12(2)4-6-14-8-10-16(24-23-15)22(21)20(14)18/h3-10H,1-2H3. The Morgan fingerprint density at radius 2 is 0.875 bits per heavy atom. The zero-order chi connectivity index (χ0) is 16.0. The van der Waals surface area contributed by atoms with E-state index in [0.717, 1.165) is 11.0 Å². The predicted molar refractivity (Wildman–Crippen MR) is 101 cm³/mol. The lowest BCUT2D eigenvalue weighted by molar-refractivity contribution is 1.12. The number of aryl methyl sites for hydroxylation is 2. The number of rotatable bonds is 0. The molecule has 0 amide bonds. The first kappa shape index (κ1) is 12.4. The molecule has 1 heterocycles. The highest BCUT2D eigenvalue weighted by atomic mass is 15.1. The molecule has 0 aliphatic heterocycles. The largest absolute Gasteiger partial charge is 0.150 e. The van der Waals surface area contributed by atoms with Crippen LogP contribution in [0.25, 0.3) is 54.1 Å². The van der Waals surface area contributed by atoms with Crippen LogP contribution in [-0.4, -0.2) is 10.2 Å². The quantitative estimate of drug-likeness (QED) is 0.264. The van der Waals surface area contributed by atoms with Gasteiger partial charge in [-0.25, -0.2) is 0 Å². The summed E-state index contributed by atoms with van der Waals surface area (Å²) in [5.41, 5.74) is 4.62. The summed E-state index contributed by atoms with van der Waals surface area (Å²) < 4.78 is 0. The normalized spacial score (nSPS) is 12.6. The van der Waals surface area contributed by atoms with Crippen LogP contribution in [0.1, 0.15) is 11.1 Å². The van der Waals surface area contributed by atoms with Gasteiger partial charge in [-0.2, -0.15) is 0 Å². The summed E-state index contributed by atoms with van der Waals surface area (Å²) in [6.45, 7) is 4.43. The second kappa shape index (κ2) is 3.90. The molecule has 112 valence electrons. The van der Waals surface area contributed by atoms with Crippen LogP contribution in [0.3, 0.4) is 0 Å². The third kappa shape index (κ3) is 1.26. The SMILES string of the molecule is Cc1ccc2ccc3nnc4ccc5ccc(C)c6c1c2c3c4c56. The van der Waals surface area contributed by atoms with E-state index < -0.39 is 0 Å². The fourth-order valence-corrected chi connectivity index (χ4v) is 4.45. The van der Waals surface area contributed by atoms with Crippen LogP contribution in [-0.2, 0) is 0 Å². The van der Waals surface area contributed by atoms with Crippen molar-refractivity contribution < 1.29 is 0 Å². The first-order chi connectivity index (χ1) is 11.7. The fraction of sp³-hybridized carbons (Fsp3) is 0.0909. The molecule has 2 nitrogen and oxygen atoms in total. The van der Waals surface area contributed by atoms with E-state index >= 15 is 0 Å². The van der Waals surface area contributed by atoms with Gasteiger partial charge >= 0.3 is 0 Å². The lowest BCUT2D eigenvalue weighted by Gasteiger charge is -2.19. The van der Waals surface area contributed by atoms with Gasteiger partial charge in [-0.05, 0) is 69.4 Å². The van der Waals surface area contributed by atoms with Crippen LogP contribution >= 0.6 is 0 Å². The third-order valence-corrected chi connectivity index (χ3v) is 5.51. The van der Waals surface area contributed by atoms with Gasteiger partial charge in [-0.15, -0.1) is 10.2 Å². The molecule has 0 atom stereocenters. The third-order valence-electron chi connectivity index (χ3n) is 5.51.